The Morgan fingerprint density at radius 2 is 1.93 bits per heavy atom. The predicted molar refractivity (Wildman–Crippen MR) is 121 cm³/mol. The summed E-state index contributed by atoms with van der Waals surface area (Å²) in [6, 6.07) is 12.5. The average Bonchev–Trinajstić information content (AvgIpc) is 3.23. The molecule has 1 saturated heterocycles. The minimum absolute atomic E-state index is 0.0937. The molecule has 0 aromatic heterocycles. The number of amides is 1. The third kappa shape index (κ3) is 6.15. The highest BCUT2D eigenvalue weighted by Crippen LogP contribution is 2.21. The van der Waals surface area contributed by atoms with Gasteiger partial charge in [-0.25, -0.2) is 0 Å². The summed E-state index contributed by atoms with van der Waals surface area (Å²) < 4.78 is 5.79. The summed E-state index contributed by atoms with van der Waals surface area (Å²) in [7, 11) is 4.08. The molecule has 0 N–H and O–H groups in total. The van der Waals surface area contributed by atoms with Gasteiger partial charge in [-0.15, -0.1) is 0 Å². The topological polar surface area (TPSA) is 32.8 Å². The van der Waals surface area contributed by atoms with Crippen molar-refractivity contribution in [2.45, 2.75) is 38.7 Å². The van der Waals surface area contributed by atoms with Crippen molar-refractivity contribution in [3.8, 4) is 0 Å². The Bertz CT molecular complexity index is 838. The lowest BCUT2D eigenvalue weighted by atomic mass is 10.0. The summed E-state index contributed by atoms with van der Waals surface area (Å²) in [5.74, 6) is 0.0937. The number of fused-ring (bicyclic) bond motifs is 1. The van der Waals surface area contributed by atoms with E-state index in [4.69, 9.17) is 4.74 Å². The molecular formula is C25H34N2O2. The Balaban J connectivity index is 1.77. The largest absolute Gasteiger partial charge is 0.376 e. The molecule has 4 nitrogen and oxygen atoms in total. The fourth-order valence-corrected chi connectivity index (χ4v) is 3.70. The molecule has 0 spiro atoms. The minimum Gasteiger partial charge on any atom is -0.376 e. The third-order valence-corrected chi connectivity index (χ3v) is 5.43. The molecule has 29 heavy (non-hydrogen) atoms. The first-order valence-electron chi connectivity index (χ1n) is 10.8. The summed E-state index contributed by atoms with van der Waals surface area (Å²) in [5, 5.41) is 2.27. The van der Waals surface area contributed by atoms with Gasteiger partial charge in [0.1, 0.15) is 0 Å². The highest BCUT2D eigenvalue weighted by Gasteiger charge is 2.23. The number of hydrogen-bond acceptors (Lipinski definition) is 3. The highest BCUT2D eigenvalue weighted by molar-refractivity contribution is 5.99. The zero-order valence-electron chi connectivity index (χ0n) is 18.1. The molecule has 1 fully saturated rings. The fourth-order valence-electron chi connectivity index (χ4n) is 3.70. The van der Waals surface area contributed by atoms with E-state index in [0.717, 1.165) is 49.8 Å². The van der Waals surface area contributed by atoms with E-state index in [-0.39, 0.29) is 12.0 Å². The molecule has 1 amide bonds. The van der Waals surface area contributed by atoms with Crippen LogP contribution in [0, 0.1) is 0 Å². The fraction of sp³-hybridized carbons (Fsp3) is 0.480. The lowest BCUT2D eigenvalue weighted by Gasteiger charge is -2.27. The van der Waals surface area contributed by atoms with E-state index in [0.29, 0.717) is 13.1 Å². The second-order valence-electron chi connectivity index (χ2n) is 8.20. The van der Waals surface area contributed by atoms with Crippen LogP contribution in [0.2, 0.25) is 0 Å². The molecule has 2 aromatic carbocycles. The molecule has 4 heteroatoms. The van der Waals surface area contributed by atoms with Gasteiger partial charge in [0.25, 0.3) is 5.91 Å². The highest BCUT2D eigenvalue weighted by atomic mass is 16.5. The van der Waals surface area contributed by atoms with E-state index in [1.165, 1.54) is 10.9 Å². The standard InChI is InChI=1S/C25H34N2O2/c1-4-5-6-8-20-10-11-22-18-23(13-12-21(22)17-20)25(28)27(15-14-26(2)3)19-24-9-7-16-29-24/h6,8,10-13,17-18,24H,4-5,7,9,14-16,19H2,1-3H3/b8-6+. The Kier molecular flexibility index (Phi) is 7.84. The van der Waals surface area contributed by atoms with E-state index in [9.17, 15) is 4.79 Å². The summed E-state index contributed by atoms with van der Waals surface area (Å²) in [5.41, 5.74) is 1.96. The Morgan fingerprint density at radius 3 is 2.66 bits per heavy atom. The van der Waals surface area contributed by atoms with Crippen LogP contribution in [-0.2, 0) is 4.74 Å². The van der Waals surface area contributed by atoms with Gasteiger partial charge in [0.2, 0.25) is 0 Å². The summed E-state index contributed by atoms with van der Waals surface area (Å²) in [4.78, 5) is 17.3. The maximum Gasteiger partial charge on any atom is 0.254 e. The van der Waals surface area contributed by atoms with E-state index < -0.39 is 0 Å². The van der Waals surface area contributed by atoms with Crippen LogP contribution < -0.4 is 0 Å². The Labute approximate surface area is 175 Å². The number of carbonyl (C=O) groups is 1. The van der Waals surface area contributed by atoms with Gasteiger partial charge in [-0.1, -0.05) is 43.7 Å². The van der Waals surface area contributed by atoms with Crippen molar-refractivity contribution >= 4 is 22.8 Å². The molecule has 3 rings (SSSR count). The third-order valence-electron chi connectivity index (χ3n) is 5.43. The molecule has 1 aliphatic heterocycles. The van der Waals surface area contributed by atoms with Crippen molar-refractivity contribution in [1.29, 1.82) is 0 Å². The number of rotatable bonds is 9. The Morgan fingerprint density at radius 1 is 1.14 bits per heavy atom. The van der Waals surface area contributed by atoms with E-state index in [2.05, 4.69) is 48.2 Å². The molecule has 2 aromatic rings. The molecule has 1 aliphatic rings. The normalized spacial score (nSPS) is 16.9. The van der Waals surface area contributed by atoms with Crippen molar-refractivity contribution < 1.29 is 9.53 Å². The monoisotopic (exact) mass is 394 g/mol. The number of hydrogen-bond donors (Lipinski definition) is 0. The van der Waals surface area contributed by atoms with Gasteiger partial charge in [-0.3, -0.25) is 4.79 Å². The van der Waals surface area contributed by atoms with Gasteiger partial charge < -0.3 is 14.5 Å². The zero-order chi connectivity index (χ0) is 20.6. The SMILES string of the molecule is CCC/C=C/c1ccc2cc(C(=O)N(CCN(C)C)CC3CCCO3)ccc2c1. The summed E-state index contributed by atoms with van der Waals surface area (Å²) in [6.07, 6.45) is 8.94. The van der Waals surface area contributed by atoms with Gasteiger partial charge in [-0.2, -0.15) is 0 Å². The summed E-state index contributed by atoms with van der Waals surface area (Å²) in [6.45, 7) is 5.23. The Hall–Kier alpha value is -2.17. The molecule has 0 saturated carbocycles. The molecule has 0 aliphatic carbocycles. The minimum atomic E-state index is 0.0937. The van der Waals surface area contributed by atoms with Crippen LogP contribution in [0.15, 0.2) is 42.5 Å². The van der Waals surface area contributed by atoms with Crippen LogP contribution in [0.25, 0.3) is 16.8 Å². The van der Waals surface area contributed by atoms with Crippen LogP contribution in [-0.4, -0.2) is 62.1 Å². The van der Waals surface area contributed by atoms with Crippen LogP contribution in [0.3, 0.4) is 0 Å². The first-order valence-corrected chi connectivity index (χ1v) is 10.8. The number of carbonyl (C=O) groups excluding carboxylic acids is 1. The maximum atomic E-state index is 13.3. The van der Waals surface area contributed by atoms with Crippen molar-refractivity contribution in [1.82, 2.24) is 9.80 Å². The van der Waals surface area contributed by atoms with Gasteiger partial charge >= 0.3 is 0 Å². The van der Waals surface area contributed by atoms with E-state index in [1.807, 2.05) is 31.1 Å². The van der Waals surface area contributed by atoms with Crippen LogP contribution in [0.4, 0.5) is 0 Å². The number of nitrogens with zero attached hydrogens (tertiary/aromatic N) is 2. The smallest absolute Gasteiger partial charge is 0.254 e. The quantitative estimate of drug-likeness (QED) is 0.610. The predicted octanol–water partition coefficient (Wildman–Crippen LogP) is 4.84. The van der Waals surface area contributed by atoms with Crippen LogP contribution in [0.1, 0.15) is 48.5 Å². The first kappa shape index (κ1) is 21.5. The van der Waals surface area contributed by atoms with E-state index in [1.54, 1.807) is 0 Å². The second kappa shape index (κ2) is 10.6. The summed E-state index contributed by atoms with van der Waals surface area (Å²) >= 11 is 0. The van der Waals surface area contributed by atoms with Crippen molar-refractivity contribution in [3.63, 3.8) is 0 Å². The lowest BCUT2D eigenvalue weighted by molar-refractivity contribution is 0.0512. The molecule has 0 bridgehead atoms. The maximum absolute atomic E-state index is 13.3. The number of ether oxygens (including phenoxy) is 1. The van der Waals surface area contributed by atoms with Gasteiger partial charge in [0.05, 0.1) is 6.10 Å². The molecule has 156 valence electrons. The zero-order valence-corrected chi connectivity index (χ0v) is 18.1. The molecular weight excluding hydrogens is 360 g/mol. The van der Waals surface area contributed by atoms with Crippen molar-refractivity contribution in [2.75, 3.05) is 40.3 Å². The first-order chi connectivity index (χ1) is 14.1. The average molecular weight is 395 g/mol. The number of likely N-dealkylation sites (N-methyl/N-ethyl adjacent to an activating group) is 1. The number of allylic oxidation sites excluding steroid dienone is 1. The molecule has 1 heterocycles. The van der Waals surface area contributed by atoms with Crippen LogP contribution >= 0.6 is 0 Å². The number of unbranched alkanes of at least 4 members (excludes halogenated alkanes) is 1. The second-order valence-corrected chi connectivity index (χ2v) is 8.20. The molecule has 1 unspecified atom stereocenters. The van der Waals surface area contributed by atoms with Gasteiger partial charge in [0.15, 0.2) is 0 Å². The van der Waals surface area contributed by atoms with Gasteiger partial charge in [0, 0.05) is 31.8 Å². The molecule has 0 radical (unpaired) electrons. The number of benzene rings is 2. The molecule has 1 atom stereocenters. The van der Waals surface area contributed by atoms with Crippen LogP contribution in [0.5, 0.6) is 0 Å². The van der Waals surface area contributed by atoms with E-state index >= 15 is 0 Å². The van der Waals surface area contributed by atoms with Crippen molar-refractivity contribution in [3.05, 3.63) is 53.6 Å². The lowest BCUT2D eigenvalue weighted by Crippen LogP contribution is -2.41. The van der Waals surface area contributed by atoms with Crippen molar-refractivity contribution in [2.24, 2.45) is 0 Å². The van der Waals surface area contributed by atoms with Gasteiger partial charge in [-0.05, 0) is 67.9 Å².